The molecule has 1 N–H and O–H groups in total. The minimum absolute atomic E-state index is 0.170. The van der Waals surface area contributed by atoms with Gasteiger partial charge >= 0.3 is 5.97 Å². The summed E-state index contributed by atoms with van der Waals surface area (Å²) in [7, 11) is 1.55. The molecule has 0 bridgehead atoms. The zero-order valence-electron chi connectivity index (χ0n) is 21.8. The van der Waals surface area contributed by atoms with E-state index in [0.717, 1.165) is 29.8 Å². The van der Waals surface area contributed by atoms with Crippen LogP contribution in [0.15, 0.2) is 35.5 Å². The topological polar surface area (TPSA) is 74.6 Å². The van der Waals surface area contributed by atoms with Crippen molar-refractivity contribution in [1.29, 1.82) is 0 Å². The number of oxime groups is 1. The lowest BCUT2D eigenvalue weighted by atomic mass is 9.80. The molecule has 202 valence electrons. The van der Waals surface area contributed by atoms with Gasteiger partial charge < -0.3 is 19.6 Å². The summed E-state index contributed by atoms with van der Waals surface area (Å²) < 4.78 is 35.2. The number of ether oxygens (including phenoxy) is 1. The first-order valence-corrected chi connectivity index (χ1v) is 13.3. The van der Waals surface area contributed by atoms with Gasteiger partial charge in [0.05, 0.1) is 18.9 Å². The first kappa shape index (κ1) is 25.1. The molecule has 1 spiro atoms. The summed E-state index contributed by atoms with van der Waals surface area (Å²) in [6.07, 6.45) is 3.72. The van der Waals surface area contributed by atoms with Crippen molar-refractivity contribution in [3.05, 3.63) is 53.1 Å². The van der Waals surface area contributed by atoms with Crippen LogP contribution in [-0.2, 0) is 16.2 Å². The lowest BCUT2D eigenvalue weighted by Gasteiger charge is -2.46. The monoisotopic (exact) mass is 525 g/mol. The molecule has 1 aliphatic carbocycles. The number of carbonyl (C=O) groups is 1. The van der Waals surface area contributed by atoms with Gasteiger partial charge in [0.25, 0.3) is 0 Å². The third-order valence-corrected chi connectivity index (χ3v) is 8.70. The quantitative estimate of drug-likeness (QED) is 0.573. The second-order valence-electron chi connectivity index (χ2n) is 11.6. The normalized spacial score (nSPS) is 22.1. The summed E-state index contributed by atoms with van der Waals surface area (Å²) in [5.41, 5.74) is 1.69. The van der Waals surface area contributed by atoms with Crippen molar-refractivity contribution < 1.29 is 28.3 Å². The highest BCUT2D eigenvalue weighted by Crippen LogP contribution is 2.49. The lowest BCUT2D eigenvalue weighted by molar-refractivity contribution is -0.150. The molecule has 6 rings (SSSR count). The van der Waals surface area contributed by atoms with Crippen molar-refractivity contribution in [2.24, 2.45) is 10.6 Å². The summed E-state index contributed by atoms with van der Waals surface area (Å²) in [5, 5.41) is 13.9. The molecule has 0 radical (unpaired) electrons. The zero-order chi connectivity index (χ0) is 26.7. The Hall–Kier alpha value is -3.20. The van der Waals surface area contributed by atoms with E-state index in [9.17, 15) is 14.3 Å². The van der Waals surface area contributed by atoms with Crippen LogP contribution in [0.3, 0.4) is 0 Å². The number of piperidine rings is 1. The molecule has 1 saturated carbocycles. The number of methoxy groups -OCH3 is 1. The molecule has 4 aliphatic rings. The van der Waals surface area contributed by atoms with Gasteiger partial charge in [-0.3, -0.25) is 9.69 Å². The second kappa shape index (κ2) is 9.22. The molecule has 3 heterocycles. The Balaban J connectivity index is 1.14. The highest BCUT2D eigenvalue weighted by Gasteiger charge is 2.51. The molecule has 3 aliphatic heterocycles. The van der Waals surface area contributed by atoms with Crippen molar-refractivity contribution in [2.75, 3.05) is 33.3 Å². The maximum absolute atomic E-state index is 16.1. The van der Waals surface area contributed by atoms with Crippen LogP contribution >= 0.6 is 0 Å². The number of rotatable bonds is 6. The first-order chi connectivity index (χ1) is 18.2. The van der Waals surface area contributed by atoms with Crippen molar-refractivity contribution in [3.63, 3.8) is 0 Å². The number of nitrogens with zero attached hydrogens (tertiary/aromatic N) is 3. The fourth-order valence-electron chi connectivity index (χ4n) is 6.07. The van der Waals surface area contributed by atoms with Gasteiger partial charge in [-0.1, -0.05) is 17.3 Å². The van der Waals surface area contributed by atoms with Crippen LogP contribution in [0.4, 0.5) is 8.78 Å². The smallest absolute Gasteiger partial charge is 0.309 e. The average Bonchev–Trinajstić information content (AvgIpc) is 3.62. The number of aliphatic carboxylic acids is 1. The first-order valence-electron chi connectivity index (χ1n) is 13.3. The largest absolute Gasteiger partial charge is 0.496 e. The number of benzene rings is 2. The van der Waals surface area contributed by atoms with Crippen LogP contribution in [-0.4, -0.2) is 65.6 Å². The van der Waals surface area contributed by atoms with Crippen LogP contribution in [0.1, 0.15) is 56.1 Å². The Labute approximate surface area is 221 Å². The van der Waals surface area contributed by atoms with Crippen LogP contribution < -0.4 is 4.74 Å². The molecule has 7 nitrogen and oxygen atoms in total. The Morgan fingerprint density at radius 1 is 1.18 bits per heavy atom. The SMILES string of the molecule is COc1cc(-c2ccc(F)cc2)c(C2CC2)c(F)c1CN1CC2(CC(N3CCC(C)(C(=O)O)CC3)=NO2)C1. The highest BCUT2D eigenvalue weighted by atomic mass is 19.1. The van der Waals surface area contributed by atoms with Gasteiger partial charge in [0.15, 0.2) is 5.60 Å². The third kappa shape index (κ3) is 4.40. The Morgan fingerprint density at radius 2 is 1.87 bits per heavy atom. The molecular weight excluding hydrogens is 492 g/mol. The van der Waals surface area contributed by atoms with Crippen LogP contribution in [0.25, 0.3) is 11.1 Å². The molecule has 0 amide bonds. The van der Waals surface area contributed by atoms with Gasteiger partial charge in [-0.05, 0) is 73.4 Å². The van der Waals surface area contributed by atoms with Crippen LogP contribution in [0, 0.1) is 17.0 Å². The molecule has 2 aromatic rings. The van der Waals surface area contributed by atoms with E-state index in [-0.39, 0.29) is 17.6 Å². The van der Waals surface area contributed by atoms with Gasteiger partial charge in [0.1, 0.15) is 23.2 Å². The number of likely N-dealkylation sites (tertiary alicyclic amines) is 2. The molecule has 0 aromatic heterocycles. The number of amidine groups is 1. The highest BCUT2D eigenvalue weighted by molar-refractivity contribution is 5.85. The number of halogens is 2. The van der Waals surface area contributed by atoms with Gasteiger partial charge in [-0.25, -0.2) is 8.78 Å². The maximum atomic E-state index is 16.1. The van der Waals surface area contributed by atoms with E-state index in [0.29, 0.717) is 68.9 Å². The summed E-state index contributed by atoms with van der Waals surface area (Å²) in [6.45, 7) is 4.76. The van der Waals surface area contributed by atoms with E-state index < -0.39 is 17.0 Å². The molecule has 0 unspecified atom stereocenters. The van der Waals surface area contributed by atoms with Crippen molar-refractivity contribution in [3.8, 4) is 16.9 Å². The van der Waals surface area contributed by atoms with Crippen molar-refractivity contribution >= 4 is 11.8 Å². The van der Waals surface area contributed by atoms with E-state index in [1.54, 1.807) is 26.2 Å². The predicted molar refractivity (Wildman–Crippen MR) is 138 cm³/mol. The number of hydrogen-bond acceptors (Lipinski definition) is 6. The second-order valence-corrected chi connectivity index (χ2v) is 11.6. The fraction of sp³-hybridized carbons (Fsp3) is 0.517. The van der Waals surface area contributed by atoms with Crippen molar-refractivity contribution in [2.45, 2.75) is 57.1 Å². The fourth-order valence-corrected chi connectivity index (χ4v) is 6.07. The average molecular weight is 526 g/mol. The summed E-state index contributed by atoms with van der Waals surface area (Å²) in [4.78, 5) is 21.7. The maximum Gasteiger partial charge on any atom is 0.309 e. The molecular formula is C29H33F2N3O4. The van der Waals surface area contributed by atoms with E-state index in [4.69, 9.17) is 9.57 Å². The molecule has 0 atom stereocenters. The van der Waals surface area contributed by atoms with Crippen molar-refractivity contribution in [1.82, 2.24) is 9.80 Å². The van der Waals surface area contributed by atoms with Gasteiger partial charge in [0.2, 0.25) is 0 Å². The number of hydrogen-bond donors (Lipinski definition) is 1. The molecule has 3 fully saturated rings. The predicted octanol–water partition coefficient (Wildman–Crippen LogP) is 4.99. The molecule has 9 heteroatoms. The number of carboxylic acid groups (broad SMARTS) is 1. The molecule has 2 saturated heterocycles. The standard InChI is InChI=1S/C29H33F2N3O4/c1-28(27(35)36)9-11-34(12-10-28)24-14-29(38-32-24)16-33(17-29)15-22-23(37-2)13-21(18-5-7-20(30)8-6-18)25(26(22)31)19-3-4-19/h5-8,13,19H,3-4,9-12,14-17H2,1-2H3,(H,35,36). The lowest BCUT2D eigenvalue weighted by Crippen LogP contribution is -2.61. The number of carboxylic acids is 1. The van der Waals surface area contributed by atoms with Gasteiger partial charge in [-0.15, -0.1) is 0 Å². The van der Waals surface area contributed by atoms with Crippen LogP contribution in [0.2, 0.25) is 0 Å². The minimum atomic E-state index is -0.744. The van der Waals surface area contributed by atoms with Crippen LogP contribution in [0.5, 0.6) is 5.75 Å². The van der Waals surface area contributed by atoms with Gasteiger partial charge in [-0.2, -0.15) is 0 Å². The van der Waals surface area contributed by atoms with E-state index in [1.807, 2.05) is 6.07 Å². The Morgan fingerprint density at radius 3 is 2.47 bits per heavy atom. The van der Waals surface area contributed by atoms with E-state index in [1.165, 1.54) is 12.1 Å². The Kier molecular flexibility index (Phi) is 6.09. The molecule has 2 aromatic carbocycles. The minimum Gasteiger partial charge on any atom is -0.496 e. The van der Waals surface area contributed by atoms with E-state index in [2.05, 4.69) is 15.0 Å². The molecule has 38 heavy (non-hydrogen) atoms. The zero-order valence-corrected chi connectivity index (χ0v) is 21.8. The van der Waals surface area contributed by atoms with E-state index >= 15 is 4.39 Å². The Bertz CT molecular complexity index is 1280. The summed E-state index contributed by atoms with van der Waals surface area (Å²) in [6, 6.07) is 8.07. The summed E-state index contributed by atoms with van der Waals surface area (Å²) in [5.74, 6) is 0.242. The third-order valence-electron chi connectivity index (χ3n) is 8.70. The van der Waals surface area contributed by atoms with Gasteiger partial charge in [0, 0.05) is 38.3 Å². The summed E-state index contributed by atoms with van der Waals surface area (Å²) >= 11 is 0.